The highest BCUT2D eigenvalue weighted by Gasteiger charge is 2.45. The second-order valence-electron chi connectivity index (χ2n) is 6.35. The van der Waals surface area contributed by atoms with E-state index in [1.807, 2.05) is 6.07 Å². The van der Waals surface area contributed by atoms with Gasteiger partial charge in [-0.1, -0.05) is 12.1 Å². The molecule has 3 atom stereocenters. The van der Waals surface area contributed by atoms with Crippen LogP contribution in [0.5, 0.6) is 0 Å². The lowest BCUT2D eigenvalue weighted by molar-refractivity contribution is -0.140. The smallest absolute Gasteiger partial charge is 0.240 e. The predicted octanol–water partition coefficient (Wildman–Crippen LogP) is 1.98. The summed E-state index contributed by atoms with van der Waals surface area (Å²) >= 11 is 0. The summed E-state index contributed by atoms with van der Waals surface area (Å²) in [5.41, 5.74) is 5.47. The quantitative estimate of drug-likeness (QED) is 0.895. The molecule has 0 aliphatic carbocycles. The molecule has 0 spiro atoms. The van der Waals surface area contributed by atoms with Crippen LogP contribution in [0.3, 0.4) is 0 Å². The maximum Gasteiger partial charge on any atom is 0.240 e. The minimum atomic E-state index is -1.02. The average molecular weight is 294 g/mol. The largest absolute Gasteiger partial charge is 0.388 e. The van der Waals surface area contributed by atoms with Gasteiger partial charge in [0.2, 0.25) is 5.91 Å². The van der Waals surface area contributed by atoms with Gasteiger partial charge in [-0.25, -0.2) is 4.39 Å². The molecule has 4 nitrogen and oxygen atoms in total. The van der Waals surface area contributed by atoms with Crippen molar-refractivity contribution in [3.8, 4) is 0 Å². The molecule has 1 fully saturated rings. The van der Waals surface area contributed by atoms with E-state index in [9.17, 15) is 14.3 Å². The normalized spacial score (nSPS) is 24.2. The molecule has 0 saturated carbocycles. The van der Waals surface area contributed by atoms with E-state index in [4.69, 9.17) is 5.73 Å². The van der Waals surface area contributed by atoms with Gasteiger partial charge >= 0.3 is 0 Å². The fourth-order valence-electron chi connectivity index (χ4n) is 3.09. The van der Waals surface area contributed by atoms with Crippen molar-refractivity contribution in [3.05, 3.63) is 35.6 Å². The minimum Gasteiger partial charge on any atom is -0.388 e. The number of carbonyl (C=O) groups is 1. The molecule has 1 heterocycles. The van der Waals surface area contributed by atoms with Crippen LogP contribution in [0.25, 0.3) is 0 Å². The fraction of sp³-hybridized carbons (Fsp3) is 0.562. The van der Waals surface area contributed by atoms with Crippen LogP contribution in [-0.4, -0.2) is 33.6 Å². The van der Waals surface area contributed by atoms with Gasteiger partial charge in [0.15, 0.2) is 0 Å². The molecule has 2 rings (SSSR count). The van der Waals surface area contributed by atoms with Crippen molar-refractivity contribution >= 4 is 5.91 Å². The SMILES string of the molecule is CC(N)C(=O)N1[C@H](c2cccc(F)c2)CC[C@@H]1C(C)(C)O. The Morgan fingerprint density at radius 3 is 2.67 bits per heavy atom. The Kier molecular flexibility index (Phi) is 4.35. The first-order chi connectivity index (χ1) is 9.71. The van der Waals surface area contributed by atoms with Gasteiger partial charge in [0.1, 0.15) is 5.82 Å². The first-order valence-electron chi connectivity index (χ1n) is 7.27. The molecule has 116 valence electrons. The number of likely N-dealkylation sites (tertiary alicyclic amines) is 1. The lowest BCUT2D eigenvalue weighted by Gasteiger charge is -2.38. The lowest BCUT2D eigenvalue weighted by atomic mass is 9.96. The summed E-state index contributed by atoms with van der Waals surface area (Å²) in [4.78, 5) is 14.1. The number of benzene rings is 1. The maximum atomic E-state index is 13.5. The van der Waals surface area contributed by atoms with Crippen molar-refractivity contribution < 1.29 is 14.3 Å². The van der Waals surface area contributed by atoms with E-state index in [1.54, 1.807) is 31.7 Å². The average Bonchev–Trinajstić information content (AvgIpc) is 2.82. The third-order valence-electron chi connectivity index (χ3n) is 4.08. The van der Waals surface area contributed by atoms with Crippen LogP contribution in [0, 0.1) is 5.82 Å². The summed E-state index contributed by atoms with van der Waals surface area (Å²) in [6.45, 7) is 5.00. The molecule has 0 bridgehead atoms. The third kappa shape index (κ3) is 3.24. The Balaban J connectivity index is 2.39. The summed E-state index contributed by atoms with van der Waals surface area (Å²) in [5, 5.41) is 10.3. The van der Waals surface area contributed by atoms with Gasteiger partial charge in [0.25, 0.3) is 0 Å². The zero-order chi connectivity index (χ0) is 15.8. The van der Waals surface area contributed by atoms with Crippen molar-refractivity contribution in [1.29, 1.82) is 0 Å². The van der Waals surface area contributed by atoms with E-state index < -0.39 is 11.6 Å². The minimum absolute atomic E-state index is 0.214. The van der Waals surface area contributed by atoms with Gasteiger partial charge in [-0.15, -0.1) is 0 Å². The number of nitrogens with two attached hydrogens (primary N) is 1. The van der Waals surface area contributed by atoms with Gasteiger partial charge in [-0.05, 0) is 51.3 Å². The first-order valence-corrected chi connectivity index (χ1v) is 7.27. The standard InChI is InChI=1S/C16H23FN2O2/c1-10(18)15(20)19-13(7-8-14(19)16(2,3)21)11-5-4-6-12(17)9-11/h4-6,9-10,13-14,21H,7-8,18H2,1-3H3/t10?,13-,14+/m0/s1. The Morgan fingerprint density at radius 2 is 2.14 bits per heavy atom. The van der Waals surface area contributed by atoms with Crippen LogP contribution >= 0.6 is 0 Å². The highest BCUT2D eigenvalue weighted by Crippen LogP contribution is 2.40. The van der Waals surface area contributed by atoms with Crippen molar-refractivity contribution in [3.63, 3.8) is 0 Å². The van der Waals surface area contributed by atoms with Gasteiger partial charge in [-0.2, -0.15) is 0 Å². The zero-order valence-corrected chi connectivity index (χ0v) is 12.7. The molecule has 0 radical (unpaired) electrons. The first kappa shape index (κ1) is 15.9. The van der Waals surface area contributed by atoms with E-state index in [-0.39, 0.29) is 23.8 Å². The molecular weight excluding hydrogens is 271 g/mol. The van der Waals surface area contributed by atoms with E-state index >= 15 is 0 Å². The number of carbonyl (C=O) groups excluding carboxylic acids is 1. The van der Waals surface area contributed by atoms with E-state index in [0.29, 0.717) is 12.8 Å². The van der Waals surface area contributed by atoms with Crippen molar-refractivity contribution in [2.24, 2.45) is 5.73 Å². The molecule has 1 saturated heterocycles. The highest BCUT2D eigenvalue weighted by molar-refractivity contribution is 5.82. The van der Waals surface area contributed by atoms with E-state index in [2.05, 4.69) is 0 Å². The molecule has 1 aromatic carbocycles. The van der Waals surface area contributed by atoms with Crippen LogP contribution < -0.4 is 5.73 Å². The molecule has 1 aromatic rings. The molecule has 1 aliphatic heterocycles. The van der Waals surface area contributed by atoms with Crippen LogP contribution in [0.1, 0.15) is 45.2 Å². The monoisotopic (exact) mass is 294 g/mol. The summed E-state index contributed by atoms with van der Waals surface area (Å²) in [7, 11) is 0. The number of rotatable bonds is 3. The van der Waals surface area contributed by atoms with Crippen LogP contribution in [0.15, 0.2) is 24.3 Å². The number of aliphatic hydroxyl groups is 1. The van der Waals surface area contributed by atoms with Crippen LogP contribution in [-0.2, 0) is 4.79 Å². The molecule has 1 amide bonds. The van der Waals surface area contributed by atoms with Crippen LogP contribution in [0.2, 0.25) is 0 Å². The topological polar surface area (TPSA) is 66.6 Å². The zero-order valence-electron chi connectivity index (χ0n) is 12.7. The van der Waals surface area contributed by atoms with Gasteiger partial charge in [0.05, 0.1) is 23.7 Å². The summed E-state index contributed by atoms with van der Waals surface area (Å²) in [5.74, 6) is -0.540. The molecule has 5 heteroatoms. The van der Waals surface area contributed by atoms with Crippen molar-refractivity contribution in [2.45, 2.75) is 57.3 Å². The van der Waals surface area contributed by atoms with Gasteiger partial charge in [-0.3, -0.25) is 4.79 Å². The summed E-state index contributed by atoms with van der Waals surface area (Å²) in [6.07, 6.45) is 1.36. The number of hydrogen-bond acceptors (Lipinski definition) is 3. The third-order valence-corrected chi connectivity index (χ3v) is 4.08. The van der Waals surface area contributed by atoms with Crippen LogP contribution in [0.4, 0.5) is 4.39 Å². The number of hydrogen-bond donors (Lipinski definition) is 2. The molecule has 0 aromatic heterocycles. The summed E-state index contributed by atoms with van der Waals surface area (Å²) < 4.78 is 13.5. The molecular formula is C16H23FN2O2. The number of halogens is 1. The Morgan fingerprint density at radius 1 is 1.48 bits per heavy atom. The molecule has 21 heavy (non-hydrogen) atoms. The predicted molar refractivity (Wildman–Crippen MR) is 79.0 cm³/mol. The maximum absolute atomic E-state index is 13.5. The van der Waals surface area contributed by atoms with Gasteiger partial charge < -0.3 is 15.7 Å². The number of nitrogens with zero attached hydrogens (tertiary/aromatic N) is 1. The van der Waals surface area contributed by atoms with E-state index in [1.165, 1.54) is 12.1 Å². The van der Waals surface area contributed by atoms with E-state index in [0.717, 1.165) is 5.56 Å². The lowest BCUT2D eigenvalue weighted by Crippen LogP contribution is -2.52. The van der Waals surface area contributed by atoms with Crippen molar-refractivity contribution in [2.75, 3.05) is 0 Å². The second-order valence-corrected chi connectivity index (χ2v) is 6.35. The Labute approximate surface area is 124 Å². The Hall–Kier alpha value is -1.46. The highest BCUT2D eigenvalue weighted by atomic mass is 19.1. The molecule has 1 aliphatic rings. The summed E-state index contributed by atoms with van der Waals surface area (Å²) in [6, 6.07) is 5.06. The molecule has 3 N–H and O–H groups in total. The Bertz CT molecular complexity index is 525. The number of amides is 1. The van der Waals surface area contributed by atoms with Gasteiger partial charge in [0, 0.05) is 0 Å². The fourth-order valence-corrected chi connectivity index (χ4v) is 3.09. The van der Waals surface area contributed by atoms with Crippen molar-refractivity contribution in [1.82, 2.24) is 4.90 Å². The molecule has 1 unspecified atom stereocenters. The second kappa shape index (κ2) is 5.73.